The Hall–Kier alpha value is -1.58. The summed E-state index contributed by atoms with van der Waals surface area (Å²) < 4.78 is 18.1. The molecule has 1 aromatic rings. The fourth-order valence-corrected chi connectivity index (χ4v) is 1.23. The SMILES string of the molecule is CC[C@@H](C)NC(=O)[C@@H](C)Oc1ccc(F)cc1. The zero-order chi connectivity index (χ0) is 12.8. The molecule has 0 aliphatic rings. The maximum absolute atomic E-state index is 12.7. The molecule has 0 spiro atoms. The number of rotatable bonds is 5. The van der Waals surface area contributed by atoms with Crippen molar-refractivity contribution >= 4 is 5.91 Å². The lowest BCUT2D eigenvalue weighted by atomic mass is 10.2. The average Bonchev–Trinajstić information content (AvgIpc) is 2.31. The van der Waals surface area contributed by atoms with Gasteiger partial charge in [0.1, 0.15) is 11.6 Å². The van der Waals surface area contributed by atoms with Gasteiger partial charge in [-0.15, -0.1) is 0 Å². The van der Waals surface area contributed by atoms with Gasteiger partial charge in [-0.05, 0) is 44.5 Å². The van der Waals surface area contributed by atoms with Gasteiger partial charge < -0.3 is 10.1 Å². The Labute approximate surface area is 101 Å². The fourth-order valence-electron chi connectivity index (χ4n) is 1.23. The third-order valence-electron chi connectivity index (χ3n) is 2.50. The summed E-state index contributed by atoms with van der Waals surface area (Å²) in [6.07, 6.45) is 0.282. The van der Waals surface area contributed by atoms with Gasteiger partial charge in [-0.3, -0.25) is 4.79 Å². The van der Waals surface area contributed by atoms with E-state index in [0.29, 0.717) is 5.75 Å². The molecule has 0 saturated heterocycles. The second kappa shape index (κ2) is 6.23. The molecule has 1 amide bonds. The minimum atomic E-state index is -0.588. The van der Waals surface area contributed by atoms with Crippen LogP contribution in [-0.2, 0) is 4.79 Å². The average molecular weight is 239 g/mol. The minimum Gasteiger partial charge on any atom is -0.481 e. The van der Waals surface area contributed by atoms with E-state index in [9.17, 15) is 9.18 Å². The van der Waals surface area contributed by atoms with Crippen LogP contribution < -0.4 is 10.1 Å². The summed E-state index contributed by atoms with van der Waals surface area (Å²) in [7, 11) is 0. The third kappa shape index (κ3) is 4.43. The van der Waals surface area contributed by atoms with Crippen molar-refractivity contribution < 1.29 is 13.9 Å². The van der Waals surface area contributed by atoms with E-state index in [1.165, 1.54) is 24.3 Å². The number of hydrogen-bond acceptors (Lipinski definition) is 2. The van der Waals surface area contributed by atoms with Crippen molar-refractivity contribution in [3.63, 3.8) is 0 Å². The molecule has 0 heterocycles. The standard InChI is InChI=1S/C13H18FNO2/c1-4-9(2)15-13(16)10(3)17-12-7-5-11(14)6-8-12/h5-10H,4H2,1-3H3,(H,15,16)/t9-,10-/m1/s1. The number of benzene rings is 1. The van der Waals surface area contributed by atoms with Crippen LogP contribution in [0.25, 0.3) is 0 Å². The first-order valence-corrected chi connectivity index (χ1v) is 5.75. The Balaban J connectivity index is 2.51. The van der Waals surface area contributed by atoms with Gasteiger partial charge in [0, 0.05) is 6.04 Å². The largest absolute Gasteiger partial charge is 0.481 e. The van der Waals surface area contributed by atoms with Crippen LogP contribution in [0.5, 0.6) is 5.75 Å². The minimum absolute atomic E-state index is 0.127. The predicted octanol–water partition coefficient (Wildman–Crippen LogP) is 2.51. The van der Waals surface area contributed by atoms with Gasteiger partial charge in [0.15, 0.2) is 6.10 Å². The molecule has 1 rings (SSSR count). The van der Waals surface area contributed by atoms with Gasteiger partial charge >= 0.3 is 0 Å². The normalized spacial score (nSPS) is 13.9. The molecule has 0 aliphatic heterocycles. The van der Waals surface area contributed by atoms with E-state index in [0.717, 1.165) is 6.42 Å². The van der Waals surface area contributed by atoms with Gasteiger partial charge in [-0.25, -0.2) is 4.39 Å². The maximum atomic E-state index is 12.7. The molecule has 0 unspecified atom stereocenters. The van der Waals surface area contributed by atoms with Crippen molar-refractivity contribution in [2.45, 2.75) is 39.3 Å². The Morgan fingerprint density at radius 3 is 2.47 bits per heavy atom. The molecule has 17 heavy (non-hydrogen) atoms. The number of halogens is 1. The summed E-state index contributed by atoms with van der Waals surface area (Å²) >= 11 is 0. The molecule has 0 radical (unpaired) electrons. The van der Waals surface area contributed by atoms with E-state index in [1.807, 2.05) is 13.8 Å². The summed E-state index contributed by atoms with van der Waals surface area (Å²) in [4.78, 5) is 11.7. The van der Waals surface area contributed by atoms with Crippen LogP contribution in [0.1, 0.15) is 27.2 Å². The predicted molar refractivity (Wildman–Crippen MR) is 64.4 cm³/mol. The molecule has 4 heteroatoms. The zero-order valence-corrected chi connectivity index (χ0v) is 10.4. The molecule has 1 aromatic carbocycles. The van der Waals surface area contributed by atoms with E-state index < -0.39 is 6.10 Å². The monoisotopic (exact) mass is 239 g/mol. The molecule has 94 valence electrons. The quantitative estimate of drug-likeness (QED) is 0.857. The second-order valence-corrected chi connectivity index (χ2v) is 4.03. The van der Waals surface area contributed by atoms with Crippen LogP contribution in [0.4, 0.5) is 4.39 Å². The number of carbonyl (C=O) groups excluding carboxylic acids is 1. The van der Waals surface area contributed by atoms with Gasteiger partial charge in [0.25, 0.3) is 5.91 Å². The first kappa shape index (κ1) is 13.5. The smallest absolute Gasteiger partial charge is 0.260 e. The molecule has 1 N–H and O–H groups in total. The summed E-state index contributed by atoms with van der Waals surface area (Å²) in [6.45, 7) is 5.60. The molecule has 0 aromatic heterocycles. The summed E-state index contributed by atoms with van der Waals surface area (Å²) in [5.41, 5.74) is 0. The van der Waals surface area contributed by atoms with Crippen molar-refractivity contribution in [2.75, 3.05) is 0 Å². The Morgan fingerprint density at radius 1 is 1.35 bits per heavy atom. The third-order valence-corrected chi connectivity index (χ3v) is 2.50. The number of amides is 1. The Morgan fingerprint density at radius 2 is 1.94 bits per heavy atom. The number of carbonyl (C=O) groups is 1. The number of ether oxygens (including phenoxy) is 1. The van der Waals surface area contributed by atoms with Gasteiger partial charge in [-0.1, -0.05) is 6.92 Å². The van der Waals surface area contributed by atoms with Crippen LogP contribution in [0, 0.1) is 5.82 Å². The zero-order valence-electron chi connectivity index (χ0n) is 10.4. The molecule has 2 atom stereocenters. The molecular formula is C13H18FNO2. The van der Waals surface area contributed by atoms with E-state index in [-0.39, 0.29) is 17.8 Å². The summed E-state index contributed by atoms with van der Waals surface area (Å²) in [5, 5.41) is 2.82. The Bertz CT molecular complexity index is 364. The van der Waals surface area contributed by atoms with Crippen molar-refractivity contribution in [3.05, 3.63) is 30.1 Å². The van der Waals surface area contributed by atoms with Crippen molar-refractivity contribution in [1.82, 2.24) is 5.32 Å². The highest BCUT2D eigenvalue weighted by atomic mass is 19.1. The molecule has 0 bridgehead atoms. The highest BCUT2D eigenvalue weighted by Crippen LogP contribution is 2.13. The lowest BCUT2D eigenvalue weighted by molar-refractivity contribution is -0.127. The molecule has 3 nitrogen and oxygen atoms in total. The van der Waals surface area contributed by atoms with Crippen molar-refractivity contribution in [2.24, 2.45) is 0 Å². The van der Waals surface area contributed by atoms with Crippen molar-refractivity contribution in [3.8, 4) is 5.75 Å². The lowest BCUT2D eigenvalue weighted by Crippen LogP contribution is -2.40. The highest BCUT2D eigenvalue weighted by molar-refractivity contribution is 5.80. The molecule has 0 saturated carbocycles. The Kier molecular flexibility index (Phi) is 4.94. The number of nitrogens with one attached hydrogen (secondary N) is 1. The topological polar surface area (TPSA) is 38.3 Å². The van der Waals surface area contributed by atoms with Crippen LogP contribution in [-0.4, -0.2) is 18.1 Å². The van der Waals surface area contributed by atoms with E-state index in [4.69, 9.17) is 4.74 Å². The van der Waals surface area contributed by atoms with Gasteiger partial charge in [-0.2, -0.15) is 0 Å². The van der Waals surface area contributed by atoms with Crippen LogP contribution in [0.15, 0.2) is 24.3 Å². The fraction of sp³-hybridized carbons (Fsp3) is 0.462. The van der Waals surface area contributed by atoms with E-state index in [2.05, 4.69) is 5.32 Å². The maximum Gasteiger partial charge on any atom is 0.260 e. The van der Waals surface area contributed by atoms with E-state index >= 15 is 0 Å². The van der Waals surface area contributed by atoms with Crippen LogP contribution >= 0.6 is 0 Å². The van der Waals surface area contributed by atoms with Gasteiger partial charge in [0.2, 0.25) is 0 Å². The number of hydrogen-bond donors (Lipinski definition) is 1. The van der Waals surface area contributed by atoms with Crippen LogP contribution in [0.2, 0.25) is 0 Å². The second-order valence-electron chi connectivity index (χ2n) is 4.03. The first-order chi connectivity index (χ1) is 8.02. The lowest BCUT2D eigenvalue weighted by Gasteiger charge is -2.17. The molecule has 0 aliphatic carbocycles. The summed E-state index contributed by atoms with van der Waals surface area (Å²) in [5.74, 6) is -0.00376. The highest BCUT2D eigenvalue weighted by Gasteiger charge is 2.15. The first-order valence-electron chi connectivity index (χ1n) is 5.75. The van der Waals surface area contributed by atoms with Crippen LogP contribution in [0.3, 0.4) is 0 Å². The van der Waals surface area contributed by atoms with E-state index in [1.54, 1.807) is 6.92 Å². The molecular weight excluding hydrogens is 221 g/mol. The molecule has 0 fully saturated rings. The van der Waals surface area contributed by atoms with Gasteiger partial charge in [0.05, 0.1) is 0 Å². The summed E-state index contributed by atoms with van der Waals surface area (Å²) in [6, 6.07) is 5.73. The van der Waals surface area contributed by atoms with Crippen molar-refractivity contribution in [1.29, 1.82) is 0 Å².